The van der Waals surface area contributed by atoms with Gasteiger partial charge in [-0.05, 0) is 23.6 Å². The van der Waals surface area contributed by atoms with Crippen LogP contribution in [0.2, 0.25) is 0 Å². The monoisotopic (exact) mass is 347 g/mol. The number of aromatic amines is 1. The minimum atomic E-state index is -2.53. The number of benzene rings is 1. The number of halogens is 2. The van der Waals surface area contributed by atoms with Crippen LogP contribution >= 0.6 is 0 Å². The number of fused-ring (bicyclic) bond motifs is 1. The zero-order valence-electron chi connectivity index (χ0n) is 13.5. The third-order valence-electron chi connectivity index (χ3n) is 4.36. The first-order chi connectivity index (χ1) is 12.0. The van der Waals surface area contributed by atoms with Gasteiger partial charge in [0.15, 0.2) is 0 Å². The van der Waals surface area contributed by atoms with E-state index < -0.39 is 24.9 Å². The molecule has 2 aromatic rings. The van der Waals surface area contributed by atoms with Gasteiger partial charge in [-0.1, -0.05) is 30.3 Å². The maximum absolute atomic E-state index is 12.9. The maximum Gasteiger partial charge on any atom is 0.318 e. The third-order valence-corrected chi connectivity index (χ3v) is 4.36. The number of nitrogens with zero attached hydrogens (tertiary/aromatic N) is 1. The number of H-pyrrole nitrogens is 1. The number of aromatic nitrogens is 1. The number of nitrogens with one attached hydrogen (secondary N) is 2. The zero-order valence-corrected chi connectivity index (χ0v) is 13.5. The minimum absolute atomic E-state index is 0.174. The normalized spacial score (nSPS) is 14.9. The van der Waals surface area contributed by atoms with E-state index in [1.165, 1.54) is 4.90 Å². The van der Waals surface area contributed by atoms with E-state index in [2.05, 4.69) is 10.3 Å². The lowest BCUT2D eigenvalue weighted by Gasteiger charge is -2.30. The van der Waals surface area contributed by atoms with E-state index in [9.17, 15) is 18.4 Å². The summed E-state index contributed by atoms with van der Waals surface area (Å²) in [5.74, 6) is 0. The van der Waals surface area contributed by atoms with Crippen LogP contribution in [0.25, 0.3) is 0 Å². The van der Waals surface area contributed by atoms with Gasteiger partial charge >= 0.3 is 6.03 Å². The number of hydrogen-bond donors (Lipinski definition) is 2. The summed E-state index contributed by atoms with van der Waals surface area (Å²) >= 11 is 0. The smallest absolute Gasteiger partial charge is 0.318 e. The number of urea groups is 1. The molecule has 1 aliphatic rings. The highest BCUT2D eigenvalue weighted by Gasteiger charge is 2.26. The number of amides is 2. The Morgan fingerprint density at radius 3 is 2.72 bits per heavy atom. The van der Waals surface area contributed by atoms with Gasteiger partial charge in [-0.25, -0.2) is 13.6 Å². The predicted molar refractivity (Wildman–Crippen MR) is 89.5 cm³/mol. The van der Waals surface area contributed by atoms with Crippen molar-refractivity contribution in [3.05, 3.63) is 69.6 Å². The van der Waals surface area contributed by atoms with Crippen LogP contribution < -0.4 is 10.9 Å². The molecule has 1 aromatic heterocycles. The molecule has 0 spiro atoms. The van der Waals surface area contributed by atoms with E-state index in [-0.39, 0.29) is 12.1 Å². The summed E-state index contributed by atoms with van der Waals surface area (Å²) in [4.78, 5) is 28.5. The van der Waals surface area contributed by atoms with Gasteiger partial charge in [0.05, 0.1) is 12.6 Å². The molecule has 25 heavy (non-hydrogen) atoms. The Labute approximate surface area is 143 Å². The van der Waals surface area contributed by atoms with Crippen LogP contribution in [0.4, 0.5) is 13.6 Å². The van der Waals surface area contributed by atoms with Crippen LogP contribution in [-0.4, -0.2) is 28.9 Å². The fourth-order valence-electron chi connectivity index (χ4n) is 3.04. The van der Waals surface area contributed by atoms with Crippen LogP contribution in [0.5, 0.6) is 0 Å². The molecule has 0 saturated heterocycles. The van der Waals surface area contributed by atoms with Crippen LogP contribution in [0.3, 0.4) is 0 Å². The molecule has 132 valence electrons. The molecule has 1 aliphatic heterocycles. The van der Waals surface area contributed by atoms with Crippen molar-refractivity contribution in [3.63, 3.8) is 0 Å². The molecular formula is C18H19F2N3O2. The van der Waals surface area contributed by atoms with Crippen molar-refractivity contribution in [2.45, 2.75) is 31.9 Å². The lowest BCUT2D eigenvalue weighted by Crippen LogP contribution is -2.45. The van der Waals surface area contributed by atoms with Crippen LogP contribution in [0, 0.1) is 0 Å². The Balaban J connectivity index is 1.74. The molecule has 1 atom stereocenters. The van der Waals surface area contributed by atoms with Gasteiger partial charge in [0.1, 0.15) is 0 Å². The van der Waals surface area contributed by atoms with E-state index in [1.807, 2.05) is 6.07 Å². The molecule has 0 bridgehead atoms. The zero-order chi connectivity index (χ0) is 17.8. The molecule has 2 N–H and O–H groups in total. The Kier molecular flexibility index (Phi) is 5.11. The topological polar surface area (TPSA) is 65.2 Å². The fourth-order valence-corrected chi connectivity index (χ4v) is 3.04. The van der Waals surface area contributed by atoms with Crippen LogP contribution in [-0.2, 0) is 13.0 Å². The van der Waals surface area contributed by atoms with E-state index in [4.69, 9.17) is 0 Å². The van der Waals surface area contributed by atoms with Crippen molar-refractivity contribution < 1.29 is 13.6 Å². The van der Waals surface area contributed by atoms with Gasteiger partial charge in [-0.2, -0.15) is 0 Å². The number of alkyl halides is 2. The van der Waals surface area contributed by atoms with E-state index >= 15 is 0 Å². The highest BCUT2D eigenvalue weighted by molar-refractivity contribution is 5.75. The Morgan fingerprint density at radius 2 is 2.00 bits per heavy atom. The quantitative estimate of drug-likeness (QED) is 0.893. The summed E-state index contributed by atoms with van der Waals surface area (Å²) in [7, 11) is 0. The minimum Gasteiger partial charge on any atom is -0.331 e. The Bertz CT molecular complexity index is 792. The number of hydrogen-bond acceptors (Lipinski definition) is 2. The number of pyridine rings is 1. The first kappa shape index (κ1) is 17.1. The highest BCUT2D eigenvalue weighted by Crippen LogP contribution is 2.22. The molecule has 2 amide bonds. The van der Waals surface area contributed by atoms with E-state index in [1.54, 1.807) is 36.5 Å². The molecule has 0 saturated carbocycles. The second kappa shape index (κ2) is 7.46. The average molecular weight is 347 g/mol. The molecule has 7 heteroatoms. The van der Waals surface area contributed by atoms with Crippen molar-refractivity contribution >= 4 is 6.03 Å². The summed E-state index contributed by atoms with van der Waals surface area (Å²) in [5, 5.41) is 2.68. The van der Waals surface area contributed by atoms with Crippen molar-refractivity contribution in [3.8, 4) is 0 Å². The lowest BCUT2D eigenvalue weighted by atomic mass is 10.0. The molecule has 0 radical (unpaired) electrons. The summed E-state index contributed by atoms with van der Waals surface area (Å²) in [5.41, 5.74) is 1.88. The number of carbonyl (C=O) groups excluding carboxylic acids is 1. The summed E-state index contributed by atoms with van der Waals surface area (Å²) < 4.78 is 25.8. The Hall–Kier alpha value is -2.70. The van der Waals surface area contributed by atoms with Gasteiger partial charge in [0, 0.05) is 24.7 Å². The van der Waals surface area contributed by atoms with Crippen molar-refractivity contribution in [2.24, 2.45) is 0 Å². The van der Waals surface area contributed by atoms with Gasteiger partial charge in [0.2, 0.25) is 6.43 Å². The second-order valence-electron chi connectivity index (χ2n) is 6.02. The molecular weight excluding hydrogens is 328 g/mol. The molecule has 0 fully saturated rings. The predicted octanol–water partition coefficient (Wildman–Crippen LogP) is 2.84. The standard InChI is InChI=1S/C18H19F2N3O2/c19-16(20)10-15(13-4-2-1-3-5-13)22-18(25)23-9-7-12-6-8-21-17(24)14(12)11-23/h1-6,8,15-16H,7,9-11H2,(H,21,24)(H,22,25). The number of rotatable bonds is 4. The third kappa shape index (κ3) is 4.04. The first-order valence-electron chi connectivity index (χ1n) is 8.12. The van der Waals surface area contributed by atoms with Crippen molar-refractivity contribution in [1.82, 2.24) is 15.2 Å². The number of carbonyl (C=O) groups is 1. The molecule has 2 heterocycles. The van der Waals surface area contributed by atoms with Crippen LogP contribution in [0.15, 0.2) is 47.4 Å². The van der Waals surface area contributed by atoms with Gasteiger partial charge < -0.3 is 15.2 Å². The second-order valence-corrected chi connectivity index (χ2v) is 6.02. The SMILES string of the molecule is O=C(NC(CC(F)F)c1ccccc1)N1CCc2cc[nH]c(=O)c2C1. The fraction of sp³-hybridized carbons (Fsp3) is 0.333. The van der Waals surface area contributed by atoms with Crippen molar-refractivity contribution in [2.75, 3.05) is 6.54 Å². The van der Waals surface area contributed by atoms with Gasteiger partial charge in [-0.3, -0.25) is 4.79 Å². The molecule has 1 unspecified atom stereocenters. The van der Waals surface area contributed by atoms with Crippen molar-refractivity contribution in [1.29, 1.82) is 0 Å². The maximum atomic E-state index is 12.9. The molecule has 5 nitrogen and oxygen atoms in total. The molecule has 1 aromatic carbocycles. The molecule has 3 rings (SSSR count). The Morgan fingerprint density at radius 1 is 1.24 bits per heavy atom. The molecule has 0 aliphatic carbocycles. The van der Waals surface area contributed by atoms with Crippen LogP contribution in [0.1, 0.15) is 29.2 Å². The van der Waals surface area contributed by atoms with E-state index in [0.717, 1.165) is 5.56 Å². The highest BCUT2D eigenvalue weighted by atomic mass is 19.3. The summed E-state index contributed by atoms with van der Waals surface area (Å²) in [6.07, 6.45) is -0.834. The lowest BCUT2D eigenvalue weighted by molar-refractivity contribution is 0.120. The van der Waals surface area contributed by atoms with E-state index in [0.29, 0.717) is 24.1 Å². The van der Waals surface area contributed by atoms with Gasteiger partial charge in [-0.15, -0.1) is 0 Å². The average Bonchev–Trinajstić information content (AvgIpc) is 2.61. The first-order valence-corrected chi connectivity index (χ1v) is 8.12. The largest absolute Gasteiger partial charge is 0.331 e. The summed E-state index contributed by atoms with van der Waals surface area (Å²) in [6.45, 7) is 0.617. The van der Waals surface area contributed by atoms with Gasteiger partial charge in [0.25, 0.3) is 5.56 Å². The summed E-state index contributed by atoms with van der Waals surface area (Å²) in [6, 6.07) is 9.32.